The molecular weight excluding hydrogens is 255 g/mol. The largest absolute Gasteiger partial charge is 0.416 e. The Morgan fingerprint density at radius 1 is 1.32 bits per heavy atom. The lowest BCUT2D eigenvalue weighted by Crippen LogP contribution is -2.35. The fourth-order valence-electron chi connectivity index (χ4n) is 2.31. The van der Waals surface area contributed by atoms with Crippen molar-refractivity contribution in [3.05, 3.63) is 29.3 Å². The van der Waals surface area contributed by atoms with Gasteiger partial charge < -0.3 is 11.1 Å². The molecular formula is C13H14F3N3. The summed E-state index contributed by atoms with van der Waals surface area (Å²) in [5.41, 5.74) is 5.49. The lowest BCUT2D eigenvalue weighted by Gasteiger charge is -2.20. The summed E-state index contributed by atoms with van der Waals surface area (Å²) in [6, 6.07) is 4.93. The molecule has 1 aliphatic rings. The van der Waals surface area contributed by atoms with Crippen LogP contribution in [0.3, 0.4) is 0 Å². The minimum Gasteiger partial charge on any atom is -0.380 e. The Kier molecular flexibility index (Phi) is 3.67. The number of alkyl halides is 3. The Balaban J connectivity index is 2.24. The quantitative estimate of drug-likeness (QED) is 0.867. The van der Waals surface area contributed by atoms with Crippen LogP contribution in [0.1, 0.15) is 30.4 Å². The second-order valence-electron chi connectivity index (χ2n) is 4.72. The monoisotopic (exact) mass is 269 g/mol. The van der Waals surface area contributed by atoms with Crippen LogP contribution in [0.25, 0.3) is 0 Å². The third kappa shape index (κ3) is 2.99. The van der Waals surface area contributed by atoms with Crippen molar-refractivity contribution in [1.82, 2.24) is 0 Å². The normalized spacial score (nSPS) is 23.1. The summed E-state index contributed by atoms with van der Waals surface area (Å²) in [6.45, 7) is 0. The Bertz CT molecular complexity index is 505. The van der Waals surface area contributed by atoms with Gasteiger partial charge in [-0.05, 0) is 37.5 Å². The number of benzene rings is 1. The zero-order valence-corrected chi connectivity index (χ0v) is 10.2. The van der Waals surface area contributed by atoms with Gasteiger partial charge in [0.2, 0.25) is 0 Å². The molecule has 0 aliphatic heterocycles. The van der Waals surface area contributed by atoms with Gasteiger partial charge in [-0.15, -0.1) is 0 Å². The Labute approximate surface area is 109 Å². The second kappa shape index (κ2) is 5.10. The molecule has 0 aromatic heterocycles. The van der Waals surface area contributed by atoms with E-state index in [1.807, 2.05) is 0 Å². The molecule has 0 spiro atoms. The predicted octanol–water partition coefficient (Wildman–Crippen LogP) is 2.87. The first-order valence-electron chi connectivity index (χ1n) is 6.05. The Morgan fingerprint density at radius 3 is 2.58 bits per heavy atom. The van der Waals surface area contributed by atoms with Gasteiger partial charge in [-0.3, -0.25) is 0 Å². The molecule has 1 saturated carbocycles. The van der Waals surface area contributed by atoms with E-state index in [0.717, 1.165) is 31.4 Å². The van der Waals surface area contributed by atoms with Crippen molar-refractivity contribution in [2.75, 3.05) is 5.32 Å². The van der Waals surface area contributed by atoms with Gasteiger partial charge in [0.05, 0.1) is 16.8 Å². The number of nitrogens with one attached hydrogen (secondary N) is 1. The van der Waals surface area contributed by atoms with E-state index in [0.29, 0.717) is 5.69 Å². The third-order valence-corrected chi connectivity index (χ3v) is 3.38. The average molecular weight is 269 g/mol. The SMILES string of the molecule is N#Cc1cc(C(F)(F)F)ccc1NC1CCCC1N. The van der Waals surface area contributed by atoms with Gasteiger partial charge in [0.25, 0.3) is 0 Å². The average Bonchev–Trinajstić information content (AvgIpc) is 2.74. The number of nitrogens with zero attached hydrogens (tertiary/aromatic N) is 1. The van der Waals surface area contributed by atoms with Crippen molar-refractivity contribution in [1.29, 1.82) is 5.26 Å². The molecule has 6 heteroatoms. The van der Waals surface area contributed by atoms with Gasteiger partial charge >= 0.3 is 6.18 Å². The fourth-order valence-corrected chi connectivity index (χ4v) is 2.31. The summed E-state index contributed by atoms with van der Waals surface area (Å²) in [4.78, 5) is 0. The molecule has 3 N–H and O–H groups in total. The first-order chi connectivity index (χ1) is 8.91. The Hall–Kier alpha value is -1.74. The highest BCUT2D eigenvalue weighted by Gasteiger charge is 2.31. The van der Waals surface area contributed by atoms with Crippen LogP contribution >= 0.6 is 0 Å². The van der Waals surface area contributed by atoms with E-state index in [9.17, 15) is 13.2 Å². The molecule has 0 amide bonds. The summed E-state index contributed by atoms with van der Waals surface area (Å²) < 4.78 is 37.7. The summed E-state index contributed by atoms with van der Waals surface area (Å²) in [7, 11) is 0. The molecule has 19 heavy (non-hydrogen) atoms. The number of rotatable bonds is 2. The van der Waals surface area contributed by atoms with Crippen LogP contribution < -0.4 is 11.1 Å². The van der Waals surface area contributed by atoms with E-state index in [1.165, 1.54) is 6.07 Å². The molecule has 0 heterocycles. The van der Waals surface area contributed by atoms with E-state index in [2.05, 4.69) is 5.32 Å². The van der Waals surface area contributed by atoms with E-state index >= 15 is 0 Å². The number of hydrogen-bond donors (Lipinski definition) is 2. The maximum absolute atomic E-state index is 12.6. The first kappa shape index (κ1) is 13.7. The number of nitriles is 1. The Morgan fingerprint density at radius 2 is 2.05 bits per heavy atom. The molecule has 2 unspecified atom stereocenters. The smallest absolute Gasteiger partial charge is 0.380 e. The van der Waals surface area contributed by atoms with Crippen LogP contribution in [-0.2, 0) is 6.18 Å². The lowest BCUT2D eigenvalue weighted by atomic mass is 10.1. The molecule has 3 nitrogen and oxygen atoms in total. The highest BCUT2D eigenvalue weighted by Crippen LogP contribution is 2.32. The molecule has 1 aromatic carbocycles. The van der Waals surface area contributed by atoms with Crippen molar-refractivity contribution < 1.29 is 13.2 Å². The summed E-state index contributed by atoms with van der Waals surface area (Å²) in [6.07, 6.45) is -1.69. The molecule has 2 atom stereocenters. The van der Waals surface area contributed by atoms with Gasteiger partial charge in [-0.2, -0.15) is 18.4 Å². The van der Waals surface area contributed by atoms with E-state index in [1.54, 1.807) is 6.07 Å². The zero-order valence-electron chi connectivity index (χ0n) is 10.2. The van der Waals surface area contributed by atoms with Crippen LogP contribution in [0.4, 0.5) is 18.9 Å². The molecule has 1 fully saturated rings. The molecule has 0 bridgehead atoms. The highest BCUT2D eigenvalue weighted by molar-refractivity contribution is 5.59. The number of anilines is 1. The van der Waals surface area contributed by atoms with Crippen LogP contribution in [0.2, 0.25) is 0 Å². The van der Waals surface area contributed by atoms with Crippen molar-refractivity contribution in [2.45, 2.75) is 37.5 Å². The first-order valence-corrected chi connectivity index (χ1v) is 6.05. The number of halogens is 3. The number of nitrogens with two attached hydrogens (primary N) is 1. The molecule has 0 saturated heterocycles. The predicted molar refractivity (Wildman–Crippen MR) is 65.4 cm³/mol. The number of hydrogen-bond acceptors (Lipinski definition) is 3. The summed E-state index contributed by atoms with van der Waals surface area (Å²) in [5, 5.41) is 12.0. The van der Waals surface area contributed by atoms with Crippen LogP contribution in [0.5, 0.6) is 0 Å². The highest BCUT2D eigenvalue weighted by atomic mass is 19.4. The van der Waals surface area contributed by atoms with Crippen molar-refractivity contribution in [2.24, 2.45) is 5.73 Å². The molecule has 1 aromatic rings. The van der Waals surface area contributed by atoms with Crippen LogP contribution in [-0.4, -0.2) is 12.1 Å². The standard InChI is InChI=1S/C13H14F3N3/c14-13(15,16)9-4-5-11(8(6-9)7-17)19-12-3-1-2-10(12)18/h4-6,10,12,19H,1-3,18H2. The van der Waals surface area contributed by atoms with Crippen LogP contribution in [0.15, 0.2) is 18.2 Å². The second-order valence-corrected chi connectivity index (χ2v) is 4.72. The van der Waals surface area contributed by atoms with Crippen LogP contribution in [0, 0.1) is 11.3 Å². The van der Waals surface area contributed by atoms with Crippen molar-refractivity contribution >= 4 is 5.69 Å². The van der Waals surface area contributed by atoms with Gasteiger partial charge in [-0.25, -0.2) is 0 Å². The van der Waals surface area contributed by atoms with Crippen molar-refractivity contribution in [3.63, 3.8) is 0 Å². The zero-order chi connectivity index (χ0) is 14.0. The molecule has 1 aliphatic carbocycles. The van der Waals surface area contributed by atoms with Gasteiger partial charge in [0.1, 0.15) is 6.07 Å². The van der Waals surface area contributed by atoms with Gasteiger partial charge in [0.15, 0.2) is 0 Å². The molecule has 0 radical (unpaired) electrons. The maximum Gasteiger partial charge on any atom is 0.416 e. The molecule has 2 rings (SSSR count). The van der Waals surface area contributed by atoms with E-state index in [-0.39, 0.29) is 17.6 Å². The third-order valence-electron chi connectivity index (χ3n) is 3.38. The molecule has 102 valence electrons. The minimum atomic E-state index is -4.44. The lowest BCUT2D eigenvalue weighted by molar-refractivity contribution is -0.137. The van der Waals surface area contributed by atoms with Gasteiger partial charge in [0, 0.05) is 12.1 Å². The van der Waals surface area contributed by atoms with E-state index < -0.39 is 11.7 Å². The van der Waals surface area contributed by atoms with Crippen molar-refractivity contribution in [3.8, 4) is 6.07 Å². The minimum absolute atomic E-state index is 0.00563. The summed E-state index contributed by atoms with van der Waals surface area (Å²) in [5.74, 6) is 0. The maximum atomic E-state index is 12.6. The topological polar surface area (TPSA) is 61.8 Å². The fraction of sp³-hybridized carbons (Fsp3) is 0.462. The van der Waals surface area contributed by atoms with E-state index in [4.69, 9.17) is 11.0 Å². The summed E-state index contributed by atoms with van der Waals surface area (Å²) >= 11 is 0. The van der Waals surface area contributed by atoms with Gasteiger partial charge in [-0.1, -0.05) is 0 Å².